The standard InChI is InChI=1S/C10H14F6N2O/c1-6(2)18-8(3,4-17)5-19-7(9(11,12)13)10(14,15)16/h6-7,18H,5H2,1-3H3. The van der Waals surface area contributed by atoms with Crippen LogP contribution in [-0.2, 0) is 4.74 Å². The minimum absolute atomic E-state index is 0.302. The van der Waals surface area contributed by atoms with Crippen LogP contribution < -0.4 is 5.32 Å². The summed E-state index contributed by atoms with van der Waals surface area (Å²) in [6, 6.07) is 1.29. The van der Waals surface area contributed by atoms with E-state index in [4.69, 9.17) is 5.26 Å². The molecule has 0 fully saturated rings. The lowest BCUT2D eigenvalue weighted by Gasteiger charge is -2.29. The topological polar surface area (TPSA) is 45.0 Å². The van der Waals surface area contributed by atoms with Crippen molar-refractivity contribution in [2.75, 3.05) is 6.61 Å². The third kappa shape index (κ3) is 6.11. The smallest absolute Gasteiger partial charge is 0.358 e. The summed E-state index contributed by atoms with van der Waals surface area (Å²) < 4.78 is 77.1. The molecule has 1 unspecified atom stereocenters. The van der Waals surface area contributed by atoms with E-state index in [0.29, 0.717) is 0 Å². The van der Waals surface area contributed by atoms with Gasteiger partial charge in [-0.2, -0.15) is 31.6 Å². The molecule has 0 aromatic carbocycles. The predicted molar refractivity (Wildman–Crippen MR) is 54.1 cm³/mol. The maximum absolute atomic E-state index is 12.2. The maximum atomic E-state index is 12.2. The van der Waals surface area contributed by atoms with Gasteiger partial charge in [-0.3, -0.25) is 5.32 Å². The lowest BCUT2D eigenvalue weighted by Crippen LogP contribution is -2.52. The molecule has 0 aliphatic carbocycles. The average Bonchev–Trinajstić information content (AvgIpc) is 2.12. The van der Waals surface area contributed by atoms with Crippen LogP contribution in [0, 0.1) is 11.3 Å². The summed E-state index contributed by atoms with van der Waals surface area (Å²) in [6.45, 7) is 3.32. The van der Waals surface area contributed by atoms with Gasteiger partial charge in [0.2, 0.25) is 6.10 Å². The summed E-state index contributed by atoms with van der Waals surface area (Å²) in [5, 5.41) is 11.3. The monoisotopic (exact) mass is 292 g/mol. The maximum Gasteiger partial charge on any atom is 0.423 e. The number of hydrogen-bond donors (Lipinski definition) is 1. The van der Waals surface area contributed by atoms with Crippen LogP contribution in [0.15, 0.2) is 0 Å². The van der Waals surface area contributed by atoms with Gasteiger partial charge < -0.3 is 4.74 Å². The summed E-state index contributed by atoms with van der Waals surface area (Å²) in [5.74, 6) is 0. The van der Waals surface area contributed by atoms with E-state index < -0.39 is 30.6 Å². The molecule has 0 spiro atoms. The zero-order chi connectivity index (χ0) is 15.5. The Morgan fingerprint density at radius 3 is 1.79 bits per heavy atom. The van der Waals surface area contributed by atoms with Gasteiger partial charge in [0.05, 0.1) is 12.7 Å². The van der Waals surface area contributed by atoms with Gasteiger partial charge in [-0.15, -0.1) is 0 Å². The Balaban J connectivity index is 4.87. The lowest BCUT2D eigenvalue weighted by molar-refractivity contribution is -0.323. The van der Waals surface area contributed by atoms with Crippen molar-refractivity contribution in [3.8, 4) is 6.07 Å². The fraction of sp³-hybridized carbons (Fsp3) is 0.900. The Kier molecular flexibility index (Phi) is 5.65. The highest BCUT2D eigenvalue weighted by Crippen LogP contribution is 2.36. The molecule has 0 aliphatic rings. The first-order chi connectivity index (χ1) is 8.32. The van der Waals surface area contributed by atoms with Gasteiger partial charge in [0.1, 0.15) is 5.54 Å². The van der Waals surface area contributed by atoms with Crippen LogP contribution in [0.4, 0.5) is 26.3 Å². The van der Waals surface area contributed by atoms with Gasteiger partial charge >= 0.3 is 12.4 Å². The van der Waals surface area contributed by atoms with Crippen molar-refractivity contribution < 1.29 is 31.1 Å². The third-order valence-corrected chi connectivity index (χ3v) is 1.99. The number of nitrogens with zero attached hydrogens (tertiary/aromatic N) is 1. The van der Waals surface area contributed by atoms with E-state index >= 15 is 0 Å². The van der Waals surface area contributed by atoms with Gasteiger partial charge in [0.25, 0.3) is 0 Å². The zero-order valence-electron chi connectivity index (χ0n) is 10.5. The van der Waals surface area contributed by atoms with E-state index in [0.717, 1.165) is 6.92 Å². The van der Waals surface area contributed by atoms with E-state index in [1.807, 2.05) is 0 Å². The van der Waals surface area contributed by atoms with Crippen molar-refractivity contribution in [3.05, 3.63) is 0 Å². The minimum atomic E-state index is -5.58. The highest BCUT2D eigenvalue weighted by Gasteiger charge is 2.58. The van der Waals surface area contributed by atoms with Crippen molar-refractivity contribution in [2.24, 2.45) is 0 Å². The number of nitriles is 1. The molecule has 0 aromatic rings. The molecule has 0 aromatic heterocycles. The molecule has 3 nitrogen and oxygen atoms in total. The van der Waals surface area contributed by atoms with Crippen LogP contribution in [0.2, 0.25) is 0 Å². The summed E-state index contributed by atoms with van der Waals surface area (Å²) in [4.78, 5) is 0. The average molecular weight is 292 g/mol. The fourth-order valence-electron chi connectivity index (χ4n) is 1.37. The largest absolute Gasteiger partial charge is 0.423 e. The fourth-order valence-corrected chi connectivity index (χ4v) is 1.37. The molecule has 9 heteroatoms. The second kappa shape index (κ2) is 5.96. The molecule has 0 saturated carbocycles. The molecular formula is C10H14F6N2O. The molecule has 112 valence electrons. The Morgan fingerprint density at radius 2 is 1.53 bits per heavy atom. The number of hydrogen-bond acceptors (Lipinski definition) is 3. The van der Waals surface area contributed by atoms with Crippen LogP contribution in [0.25, 0.3) is 0 Å². The van der Waals surface area contributed by atoms with Crippen molar-refractivity contribution in [3.63, 3.8) is 0 Å². The summed E-state index contributed by atoms with van der Waals surface area (Å²) in [5.41, 5.74) is -1.64. The molecule has 0 radical (unpaired) electrons. The Labute approximate surface area is 106 Å². The highest BCUT2D eigenvalue weighted by molar-refractivity contribution is 5.05. The molecule has 1 atom stereocenters. The van der Waals surface area contributed by atoms with Crippen LogP contribution >= 0.6 is 0 Å². The Bertz CT molecular complexity index is 318. The first-order valence-electron chi connectivity index (χ1n) is 5.26. The number of ether oxygens (including phenoxy) is 1. The number of halogens is 6. The minimum Gasteiger partial charge on any atom is -0.358 e. The Hall–Kier alpha value is -1.01. The van der Waals surface area contributed by atoms with Gasteiger partial charge in [-0.1, -0.05) is 0 Å². The molecule has 0 rings (SSSR count). The van der Waals surface area contributed by atoms with Crippen LogP contribution in [0.5, 0.6) is 0 Å². The van der Waals surface area contributed by atoms with Gasteiger partial charge in [0.15, 0.2) is 0 Å². The molecule has 0 saturated heterocycles. The zero-order valence-corrected chi connectivity index (χ0v) is 10.5. The van der Waals surface area contributed by atoms with Gasteiger partial charge in [-0.25, -0.2) is 0 Å². The highest BCUT2D eigenvalue weighted by atomic mass is 19.4. The SMILES string of the molecule is CC(C)NC(C)(C#N)COC(C(F)(F)F)C(F)(F)F. The van der Waals surface area contributed by atoms with Crippen LogP contribution in [0.3, 0.4) is 0 Å². The quantitative estimate of drug-likeness (QED) is 0.792. The molecule has 1 N–H and O–H groups in total. The first-order valence-corrected chi connectivity index (χ1v) is 5.26. The van der Waals surface area contributed by atoms with E-state index in [1.54, 1.807) is 19.9 Å². The molecule has 19 heavy (non-hydrogen) atoms. The summed E-state index contributed by atoms with van der Waals surface area (Å²) in [7, 11) is 0. The molecular weight excluding hydrogens is 278 g/mol. The molecule has 0 aliphatic heterocycles. The van der Waals surface area contributed by atoms with Gasteiger partial charge in [-0.05, 0) is 20.8 Å². The van der Waals surface area contributed by atoms with Crippen LogP contribution in [-0.4, -0.2) is 36.6 Å². The number of nitrogens with one attached hydrogen (secondary N) is 1. The van der Waals surface area contributed by atoms with Crippen molar-refractivity contribution in [1.29, 1.82) is 5.26 Å². The molecule has 0 bridgehead atoms. The predicted octanol–water partition coefficient (Wildman–Crippen LogP) is 2.78. The van der Waals surface area contributed by atoms with Crippen molar-refractivity contribution >= 4 is 0 Å². The van der Waals surface area contributed by atoms with Crippen LogP contribution in [0.1, 0.15) is 20.8 Å². The molecule has 0 amide bonds. The van der Waals surface area contributed by atoms with E-state index in [-0.39, 0.29) is 6.04 Å². The van der Waals surface area contributed by atoms with Gasteiger partial charge in [0, 0.05) is 6.04 Å². The van der Waals surface area contributed by atoms with E-state index in [9.17, 15) is 26.3 Å². The normalized spacial score (nSPS) is 16.5. The molecule has 0 heterocycles. The van der Waals surface area contributed by atoms with Crippen molar-refractivity contribution in [1.82, 2.24) is 5.32 Å². The Morgan fingerprint density at radius 1 is 1.11 bits per heavy atom. The first kappa shape index (κ1) is 18.0. The van der Waals surface area contributed by atoms with E-state index in [2.05, 4.69) is 10.1 Å². The second-order valence-electron chi connectivity index (χ2n) is 4.52. The lowest BCUT2D eigenvalue weighted by atomic mass is 10.1. The number of alkyl halides is 6. The van der Waals surface area contributed by atoms with E-state index in [1.165, 1.54) is 0 Å². The second-order valence-corrected chi connectivity index (χ2v) is 4.52. The third-order valence-electron chi connectivity index (χ3n) is 1.99. The number of rotatable bonds is 5. The summed E-state index contributed by atoms with van der Waals surface area (Å²) in [6.07, 6.45) is -15.1. The summed E-state index contributed by atoms with van der Waals surface area (Å²) >= 11 is 0. The van der Waals surface area contributed by atoms with Crippen molar-refractivity contribution in [2.45, 2.75) is 50.8 Å².